The molecule has 0 rings (SSSR count). The van der Waals surface area contributed by atoms with E-state index in [2.05, 4.69) is 46.9 Å². The van der Waals surface area contributed by atoms with Gasteiger partial charge < -0.3 is 5.32 Å². The summed E-state index contributed by atoms with van der Waals surface area (Å²) >= 11 is 0. The van der Waals surface area contributed by atoms with E-state index in [1.54, 1.807) is 0 Å². The van der Waals surface area contributed by atoms with Gasteiger partial charge in [-0.2, -0.15) is 0 Å². The molecule has 17 heavy (non-hydrogen) atoms. The first-order valence-electron chi connectivity index (χ1n) is 6.28. The smallest absolute Gasteiger partial charge is 0.147 e. The van der Waals surface area contributed by atoms with Gasteiger partial charge in [-0.1, -0.05) is 20.8 Å². The number of rotatable bonds is 6. The van der Waals surface area contributed by atoms with E-state index in [0.29, 0.717) is 12.3 Å². The fourth-order valence-corrected chi connectivity index (χ4v) is 2.30. The molecule has 0 bridgehead atoms. The maximum atomic E-state index is 11.3. The zero-order valence-corrected chi connectivity index (χ0v) is 13.2. The van der Waals surface area contributed by atoms with Crippen LogP contribution in [0.15, 0.2) is 0 Å². The van der Waals surface area contributed by atoms with Crippen LogP contribution >= 0.6 is 0 Å². The second-order valence-electron chi connectivity index (χ2n) is 6.79. The minimum atomic E-state index is -2.87. The van der Waals surface area contributed by atoms with Gasteiger partial charge in [0.1, 0.15) is 9.84 Å². The Hall–Kier alpha value is -0.0900. The Morgan fingerprint density at radius 1 is 1.12 bits per heavy atom. The number of nitrogens with one attached hydrogen (secondary N) is 1. The van der Waals surface area contributed by atoms with E-state index in [1.807, 2.05) is 0 Å². The lowest BCUT2D eigenvalue weighted by Crippen LogP contribution is -2.45. The third-order valence-corrected chi connectivity index (χ3v) is 4.41. The Morgan fingerprint density at radius 3 is 1.88 bits per heavy atom. The van der Waals surface area contributed by atoms with Crippen LogP contribution in [-0.4, -0.2) is 32.5 Å². The lowest BCUT2D eigenvalue weighted by molar-refractivity contribution is 0.182. The van der Waals surface area contributed by atoms with Crippen molar-refractivity contribution in [1.82, 2.24) is 5.32 Å². The van der Waals surface area contributed by atoms with Crippen LogP contribution in [0.4, 0.5) is 0 Å². The SMILES string of the molecule is CC(C)C(C)(CCS(C)(=O)=O)CNC(C)(C)C. The summed E-state index contributed by atoms with van der Waals surface area (Å²) in [5.41, 5.74) is 0.0948. The molecule has 0 saturated heterocycles. The Balaban J connectivity index is 4.58. The molecular formula is C13H29NO2S. The average molecular weight is 263 g/mol. The third kappa shape index (κ3) is 7.77. The van der Waals surface area contributed by atoms with Crippen LogP contribution in [0.2, 0.25) is 0 Å². The Morgan fingerprint density at radius 2 is 1.59 bits per heavy atom. The van der Waals surface area contributed by atoms with E-state index in [0.717, 1.165) is 6.54 Å². The first-order chi connectivity index (χ1) is 7.36. The Labute approximate surface area is 107 Å². The molecule has 1 N–H and O–H groups in total. The fourth-order valence-electron chi connectivity index (χ4n) is 1.47. The van der Waals surface area contributed by atoms with Gasteiger partial charge in [-0.15, -0.1) is 0 Å². The van der Waals surface area contributed by atoms with Gasteiger partial charge in [-0.25, -0.2) is 8.42 Å². The molecule has 0 aromatic heterocycles. The molecule has 0 saturated carbocycles. The maximum absolute atomic E-state index is 11.3. The second kappa shape index (κ2) is 5.70. The van der Waals surface area contributed by atoms with Crippen LogP contribution in [0, 0.1) is 11.3 Å². The lowest BCUT2D eigenvalue weighted by Gasteiger charge is -2.37. The number of sulfone groups is 1. The summed E-state index contributed by atoms with van der Waals surface area (Å²) in [6, 6.07) is 0. The van der Waals surface area contributed by atoms with Gasteiger partial charge in [0.2, 0.25) is 0 Å². The first-order valence-corrected chi connectivity index (χ1v) is 8.34. The number of hydrogen-bond donors (Lipinski definition) is 1. The molecule has 1 unspecified atom stereocenters. The molecule has 0 heterocycles. The summed E-state index contributed by atoms with van der Waals surface area (Å²) in [5, 5.41) is 3.49. The minimum absolute atomic E-state index is 0.0242. The molecule has 0 spiro atoms. The van der Waals surface area contributed by atoms with Gasteiger partial charge in [0.15, 0.2) is 0 Å². The van der Waals surface area contributed by atoms with Crippen LogP contribution in [0.3, 0.4) is 0 Å². The normalized spacial score (nSPS) is 17.2. The van der Waals surface area contributed by atoms with E-state index < -0.39 is 9.84 Å². The molecule has 1 atom stereocenters. The van der Waals surface area contributed by atoms with Crippen molar-refractivity contribution in [3.05, 3.63) is 0 Å². The van der Waals surface area contributed by atoms with Crippen molar-refractivity contribution in [2.24, 2.45) is 11.3 Å². The van der Waals surface area contributed by atoms with Crippen molar-refractivity contribution in [3.63, 3.8) is 0 Å². The molecule has 0 radical (unpaired) electrons. The van der Waals surface area contributed by atoms with Crippen molar-refractivity contribution >= 4 is 9.84 Å². The van der Waals surface area contributed by atoms with E-state index in [-0.39, 0.29) is 16.7 Å². The maximum Gasteiger partial charge on any atom is 0.147 e. The van der Waals surface area contributed by atoms with Crippen molar-refractivity contribution in [1.29, 1.82) is 0 Å². The predicted octanol–water partition coefficient (Wildman–Crippen LogP) is 2.47. The van der Waals surface area contributed by atoms with Gasteiger partial charge in [0.05, 0.1) is 5.75 Å². The molecule has 0 aromatic rings. The van der Waals surface area contributed by atoms with E-state index in [4.69, 9.17) is 0 Å². The summed E-state index contributed by atoms with van der Waals surface area (Å²) in [4.78, 5) is 0. The highest BCUT2D eigenvalue weighted by atomic mass is 32.2. The van der Waals surface area contributed by atoms with Gasteiger partial charge in [-0.3, -0.25) is 0 Å². The topological polar surface area (TPSA) is 46.2 Å². The molecular weight excluding hydrogens is 234 g/mol. The Kier molecular flexibility index (Phi) is 5.67. The van der Waals surface area contributed by atoms with E-state index >= 15 is 0 Å². The third-order valence-electron chi connectivity index (χ3n) is 3.46. The molecule has 0 aliphatic heterocycles. The van der Waals surface area contributed by atoms with Crippen LogP contribution in [0.25, 0.3) is 0 Å². The molecule has 4 heteroatoms. The van der Waals surface area contributed by atoms with Gasteiger partial charge in [0.25, 0.3) is 0 Å². The molecule has 0 aliphatic rings. The standard InChI is InChI=1S/C13H29NO2S/c1-11(2)13(6,8-9-17(7,15)16)10-14-12(3,4)5/h11,14H,8-10H2,1-7H3. The Bertz CT molecular complexity index is 328. The zero-order chi connectivity index (χ0) is 13.9. The van der Waals surface area contributed by atoms with Crippen LogP contribution in [0.5, 0.6) is 0 Å². The van der Waals surface area contributed by atoms with Crippen molar-refractivity contribution in [2.45, 2.75) is 53.5 Å². The summed E-state index contributed by atoms with van der Waals surface area (Å²) < 4.78 is 22.6. The molecule has 104 valence electrons. The summed E-state index contributed by atoms with van der Waals surface area (Å²) in [7, 11) is -2.87. The van der Waals surface area contributed by atoms with Crippen LogP contribution in [-0.2, 0) is 9.84 Å². The van der Waals surface area contributed by atoms with E-state index in [9.17, 15) is 8.42 Å². The average Bonchev–Trinajstić information content (AvgIpc) is 2.09. The lowest BCUT2D eigenvalue weighted by atomic mass is 9.76. The summed E-state index contributed by atoms with van der Waals surface area (Å²) in [6.45, 7) is 13.7. The van der Waals surface area contributed by atoms with Crippen LogP contribution in [0.1, 0.15) is 48.0 Å². The minimum Gasteiger partial charge on any atom is -0.312 e. The molecule has 0 aromatic carbocycles. The largest absolute Gasteiger partial charge is 0.312 e. The van der Waals surface area contributed by atoms with Crippen molar-refractivity contribution in [2.75, 3.05) is 18.6 Å². The van der Waals surface area contributed by atoms with Gasteiger partial charge >= 0.3 is 0 Å². The van der Waals surface area contributed by atoms with Crippen LogP contribution < -0.4 is 5.32 Å². The monoisotopic (exact) mass is 263 g/mol. The zero-order valence-electron chi connectivity index (χ0n) is 12.4. The highest BCUT2D eigenvalue weighted by Gasteiger charge is 2.30. The van der Waals surface area contributed by atoms with Crippen molar-refractivity contribution < 1.29 is 8.42 Å². The summed E-state index contributed by atoms with van der Waals surface area (Å²) in [5.74, 6) is 0.729. The fraction of sp³-hybridized carbons (Fsp3) is 1.00. The predicted molar refractivity (Wildman–Crippen MR) is 75.0 cm³/mol. The first kappa shape index (κ1) is 16.9. The highest BCUT2D eigenvalue weighted by molar-refractivity contribution is 7.90. The highest BCUT2D eigenvalue weighted by Crippen LogP contribution is 2.31. The summed E-state index contributed by atoms with van der Waals surface area (Å²) in [6.07, 6.45) is 2.03. The number of hydrogen-bond acceptors (Lipinski definition) is 3. The van der Waals surface area contributed by atoms with Gasteiger partial charge in [0, 0.05) is 18.3 Å². The molecule has 0 aliphatic carbocycles. The molecule has 0 fully saturated rings. The van der Waals surface area contributed by atoms with E-state index in [1.165, 1.54) is 6.26 Å². The van der Waals surface area contributed by atoms with Crippen molar-refractivity contribution in [3.8, 4) is 0 Å². The van der Waals surface area contributed by atoms with Gasteiger partial charge in [-0.05, 0) is 38.5 Å². The molecule has 0 amide bonds. The second-order valence-corrected chi connectivity index (χ2v) is 9.05. The molecule has 3 nitrogen and oxygen atoms in total. The quantitative estimate of drug-likeness (QED) is 0.801.